The minimum absolute atomic E-state index is 0.0763. The second kappa shape index (κ2) is 3.21. The van der Waals surface area contributed by atoms with Gasteiger partial charge in [-0.3, -0.25) is 4.98 Å². The third-order valence-corrected chi connectivity index (χ3v) is 1.82. The van der Waals surface area contributed by atoms with Crippen LogP contribution in [-0.2, 0) is 12.1 Å². The van der Waals surface area contributed by atoms with Crippen molar-refractivity contribution in [3.05, 3.63) is 29.6 Å². The van der Waals surface area contributed by atoms with E-state index in [1.165, 1.54) is 0 Å². The lowest BCUT2D eigenvalue weighted by molar-refractivity contribution is 0.474. The van der Waals surface area contributed by atoms with Crippen molar-refractivity contribution in [1.82, 2.24) is 4.98 Å². The predicted octanol–water partition coefficient (Wildman–Crippen LogP) is 2.85. The van der Waals surface area contributed by atoms with Crippen molar-refractivity contribution >= 4 is 0 Å². The van der Waals surface area contributed by atoms with Gasteiger partial charge in [0.05, 0.1) is 5.69 Å². The van der Waals surface area contributed by atoms with E-state index in [2.05, 4.69) is 25.8 Å². The molecule has 0 saturated heterocycles. The zero-order valence-electron chi connectivity index (χ0n) is 7.76. The highest BCUT2D eigenvalue weighted by Crippen LogP contribution is 2.21. The highest BCUT2D eigenvalue weighted by atomic mass is 19.1. The standard InChI is InChI=1S/C10H14FN/c1-10(2,3)8-4-5-12-9(6-8)7-11/h4-6H,7H2,1-3H3. The second-order valence-corrected chi connectivity index (χ2v) is 3.92. The molecule has 12 heavy (non-hydrogen) atoms. The molecule has 0 fully saturated rings. The molecule has 0 aliphatic rings. The second-order valence-electron chi connectivity index (χ2n) is 3.92. The van der Waals surface area contributed by atoms with Gasteiger partial charge < -0.3 is 0 Å². The molecule has 1 aromatic rings. The van der Waals surface area contributed by atoms with Crippen LogP contribution in [-0.4, -0.2) is 4.98 Å². The normalized spacial score (nSPS) is 11.7. The summed E-state index contributed by atoms with van der Waals surface area (Å²) in [5, 5.41) is 0. The number of nitrogens with zero attached hydrogens (tertiary/aromatic N) is 1. The van der Waals surface area contributed by atoms with E-state index in [0.29, 0.717) is 5.69 Å². The first-order valence-corrected chi connectivity index (χ1v) is 4.05. The number of rotatable bonds is 1. The van der Waals surface area contributed by atoms with Gasteiger partial charge >= 0.3 is 0 Å². The predicted molar refractivity (Wildman–Crippen MR) is 47.7 cm³/mol. The van der Waals surface area contributed by atoms with E-state index < -0.39 is 6.67 Å². The quantitative estimate of drug-likeness (QED) is 0.626. The van der Waals surface area contributed by atoms with Crippen LogP contribution >= 0.6 is 0 Å². The van der Waals surface area contributed by atoms with Crippen LogP contribution < -0.4 is 0 Å². The van der Waals surface area contributed by atoms with Crippen LogP contribution in [0.25, 0.3) is 0 Å². The smallest absolute Gasteiger partial charge is 0.131 e. The summed E-state index contributed by atoms with van der Waals surface area (Å²) in [6.45, 7) is 5.82. The first-order valence-electron chi connectivity index (χ1n) is 4.05. The van der Waals surface area contributed by atoms with Crippen molar-refractivity contribution in [2.24, 2.45) is 0 Å². The molecule has 66 valence electrons. The summed E-state index contributed by atoms with van der Waals surface area (Å²) in [5.74, 6) is 0. The van der Waals surface area contributed by atoms with E-state index in [9.17, 15) is 4.39 Å². The van der Waals surface area contributed by atoms with Gasteiger partial charge in [0.25, 0.3) is 0 Å². The minimum Gasteiger partial charge on any atom is -0.258 e. The van der Waals surface area contributed by atoms with Crippen molar-refractivity contribution < 1.29 is 4.39 Å². The molecule has 2 heteroatoms. The zero-order valence-corrected chi connectivity index (χ0v) is 7.76. The summed E-state index contributed by atoms with van der Waals surface area (Å²) in [6.07, 6.45) is 1.66. The Hall–Kier alpha value is -0.920. The van der Waals surface area contributed by atoms with Gasteiger partial charge in [0.1, 0.15) is 6.67 Å². The molecule has 0 aromatic carbocycles. The number of hydrogen-bond donors (Lipinski definition) is 0. The number of pyridine rings is 1. The van der Waals surface area contributed by atoms with Crippen molar-refractivity contribution in [2.75, 3.05) is 0 Å². The number of aromatic nitrogens is 1. The monoisotopic (exact) mass is 167 g/mol. The Kier molecular flexibility index (Phi) is 2.46. The van der Waals surface area contributed by atoms with Crippen LogP contribution in [0, 0.1) is 0 Å². The fourth-order valence-corrected chi connectivity index (χ4v) is 1.02. The Balaban J connectivity index is 3.02. The van der Waals surface area contributed by atoms with Gasteiger partial charge in [-0.15, -0.1) is 0 Å². The Morgan fingerprint density at radius 1 is 1.42 bits per heavy atom. The average molecular weight is 167 g/mol. The van der Waals surface area contributed by atoms with Gasteiger partial charge in [-0.2, -0.15) is 0 Å². The van der Waals surface area contributed by atoms with E-state index in [0.717, 1.165) is 5.56 Å². The van der Waals surface area contributed by atoms with Gasteiger partial charge in [0.2, 0.25) is 0 Å². The largest absolute Gasteiger partial charge is 0.258 e. The van der Waals surface area contributed by atoms with E-state index in [1.807, 2.05) is 12.1 Å². The first kappa shape index (κ1) is 9.17. The zero-order chi connectivity index (χ0) is 9.19. The molecule has 0 bridgehead atoms. The lowest BCUT2D eigenvalue weighted by atomic mass is 9.87. The minimum atomic E-state index is -0.482. The van der Waals surface area contributed by atoms with Crippen LogP contribution in [0.15, 0.2) is 18.3 Å². The van der Waals surface area contributed by atoms with Gasteiger partial charge in [-0.25, -0.2) is 4.39 Å². The van der Waals surface area contributed by atoms with Crippen molar-refractivity contribution in [2.45, 2.75) is 32.9 Å². The van der Waals surface area contributed by atoms with Gasteiger partial charge in [-0.1, -0.05) is 20.8 Å². The lowest BCUT2D eigenvalue weighted by Crippen LogP contribution is -2.11. The lowest BCUT2D eigenvalue weighted by Gasteiger charge is -2.18. The molecule has 0 aliphatic heterocycles. The molecule has 0 unspecified atom stereocenters. The molecular formula is C10H14FN. The van der Waals surface area contributed by atoms with E-state index in [-0.39, 0.29) is 5.41 Å². The molecule has 1 heterocycles. The van der Waals surface area contributed by atoms with Gasteiger partial charge in [0.15, 0.2) is 0 Å². The van der Waals surface area contributed by atoms with Crippen LogP contribution in [0.4, 0.5) is 4.39 Å². The maximum Gasteiger partial charge on any atom is 0.131 e. The molecule has 0 spiro atoms. The topological polar surface area (TPSA) is 12.9 Å². The molecule has 1 aromatic heterocycles. The van der Waals surface area contributed by atoms with Crippen molar-refractivity contribution in [3.63, 3.8) is 0 Å². The average Bonchev–Trinajstić information content (AvgIpc) is 2.03. The van der Waals surface area contributed by atoms with Crippen LogP contribution in [0.2, 0.25) is 0 Å². The maximum absolute atomic E-state index is 12.2. The molecule has 0 radical (unpaired) electrons. The fourth-order valence-electron chi connectivity index (χ4n) is 1.02. The molecule has 0 saturated carbocycles. The number of hydrogen-bond acceptors (Lipinski definition) is 1. The van der Waals surface area contributed by atoms with Crippen LogP contribution in [0.1, 0.15) is 32.0 Å². The molecule has 1 nitrogen and oxygen atoms in total. The summed E-state index contributed by atoms with van der Waals surface area (Å²) in [4.78, 5) is 3.90. The summed E-state index contributed by atoms with van der Waals surface area (Å²) in [6, 6.07) is 3.75. The highest BCUT2D eigenvalue weighted by molar-refractivity contribution is 5.23. The van der Waals surface area contributed by atoms with Crippen LogP contribution in [0.3, 0.4) is 0 Å². The van der Waals surface area contributed by atoms with Crippen LogP contribution in [0.5, 0.6) is 0 Å². The Labute approximate surface area is 72.6 Å². The molecule has 0 N–H and O–H groups in total. The Bertz CT molecular complexity index is 263. The Morgan fingerprint density at radius 2 is 2.08 bits per heavy atom. The number of halogens is 1. The van der Waals surface area contributed by atoms with Crippen molar-refractivity contribution in [1.29, 1.82) is 0 Å². The summed E-state index contributed by atoms with van der Waals surface area (Å²) >= 11 is 0. The molecule has 0 atom stereocenters. The molecular weight excluding hydrogens is 153 g/mol. The van der Waals surface area contributed by atoms with E-state index >= 15 is 0 Å². The van der Waals surface area contributed by atoms with E-state index in [4.69, 9.17) is 0 Å². The third kappa shape index (κ3) is 2.03. The molecule has 0 amide bonds. The maximum atomic E-state index is 12.2. The summed E-state index contributed by atoms with van der Waals surface area (Å²) in [7, 11) is 0. The molecule has 0 aliphatic carbocycles. The molecule has 1 rings (SSSR count). The van der Waals surface area contributed by atoms with Crippen molar-refractivity contribution in [3.8, 4) is 0 Å². The SMILES string of the molecule is CC(C)(C)c1ccnc(CF)c1. The summed E-state index contributed by atoms with van der Waals surface area (Å²) < 4.78 is 12.2. The fraction of sp³-hybridized carbons (Fsp3) is 0.500. The van der Waals surface area contributed by atoms with E-state index in [1.54, 1.807) is 6.20 Å². The Morgan fingerprint density at radius 3 is 2.58 bits per heavy atom. The van der Waals surface area contributed by atoms with Gasteiger partial charge in [-0.05, 0) is 23.1 Å². The third-order valence-electron chi connectivity index (χ3n) is 1.82. The van der Waals surface area contributed by atoms with Gasteiger partial charge in [0, 0.05) is 6.20 Å². The first-order chi connectivity index (χ1) is 5.54. The summed E-state index contributed by atoms with van der Waals surface area (Å²) in [5.41, 5.74) is 1.72. The number of alkyl halides is 1. The highest BCUT2D eigenvalue weighted by Gasteiger charge is 2.13.